The van der Waals surface area contributed by atoms with Gasteiger partial charge in [-0.15, -0.1) is 4.68 Å². The van der Waals surface area contributed by atoms with E-state index in [4.69, 9.17) is 22.1 Å². The zero-order valence-corrected chi connectivity index (χ0v) is 9.17. The van der Waals surface area contributed by atoms with Crippen LogP contribution < -0.4 is 5.56 Å². The van der Waals surface area contributed by atoms with Crippen molar-refractivity contribution >= 4 is 17.4 Å². The minimum absolute atomic E-state index is 0.468. The molecule has 8 nitrogen and oxygen atoms in total. The molecular formula is C8H4ClN5O3. The first-order valence-corrected chi connectivity index (χ1v) is 4.52. The number of aryl methyl sites for hydroxylation is 1. The van der Waals surface area contributed by atoms with E-state index < -0.39 is 32.8 Å². The summed E-state index contributed by atoms with van der Waals surface area (Å²) < 4.78 is 0.676. The first-order valence-electron chi connectivity index (χ1n) is 4.14. The Hall–Kier alpha value is -2.45. The average molecular weight is 254 g/mol. The molecule has 1 rings (SSSR count). The van der Waals surface area contributed by atoms with Crippen LogP contribution in [0, 0.1) is 32.8 Å². The molecule has 0 radical (unpaired) electrons. The second-order valence-corrected chi connectivity index (χ2v) is 3.31. The topological polar surface area (TPSA) is 126 Å². The molecular weight excluding hydrogens is 250 g/mol. The monoisotopic (exact) mass is 253 g/mol. The Morgan fingerprint density at radius 3 is 2.47 bits per heavy atom. The third kappa shape index (κ3) is 2.07. The van der Waals surface area contributed by atoms with Gasteiger partial charge >= 0.3 is 11.4 Å². The molecule has 0 bridgehead atoms. The summed E-state index contributed by atoms with van der Waals surface area (Å²) in [5.41, 5.74) is -1.27. The number of nitrogens with zero attached hydrogens (tertiary/aromatic N) is 5. The smallest absolute Gasteiger partial charge is 0.358 e. The second-order valence-electron chi connectivity index (χ2n) is 2.93. The highest BCUT2D eigenvalue weighted by Gasteiger charge is 2.30. The van der Waals surface area contributed by atoms with Crippen LogP contribution in [0.1, 0.15) is 11.5 Å². The highest BCUT2D eigenvalue weighted by Crippen LogP contribution is 2.28. The Bertz CT molecular complexity index is 610. The van der Waals surface area contributed by atoms with Gasteiger partial charge < -0.3 is 10.1 Å². The van der Waals surface area contributed by atoms with E-state index in [0.29, 0.717) is 4.68 Å². The summed E-state index contributed by atoms with van der Waals surface area (Å²) in [7, 11) is 1.18. The van der Waals surface area contributed by atoms with Crippen molar-refractivity contribution in [2.24, 2.45) is 7.05 Å². The molecule has 0 aliphatic heterocycles. The molecule has 0 unspecified atom stereocenters. The van der Waals surface area contributed by atoms with Gasteiger partial charge in [0, 0.05) is 0 Å². The summed E-state index contributed by atoms with van der Waals surface area (Å²) in [6.45, 7) is 0. The van der Waals surface area contributed by atoms with Crippen LogP contribution in [0.2, 0.25) is 5.02 Å². The molecule has 0 aliphatic rings. The summed E-state index contributed by atoms with van der Waals surface area (Å²) in [5.74, 6) is -2.28. The lowest BCUT2D eigenvalue weighted by Crippen LogP contribution is -2.24. The van der Waals surface area contributed by atoms with Crippen LogP contribution in [-0.2, 0) is 7.05 Å². The van der Waals surface area contributed by atoms with E-state index in [1.165, 1.54) is 19.2 Å². The van der Waals surface area contributed by atoms with E-state index in [0.717, 1.165) is 0 Å². The largest absolute Gasteiger partial charge is 0.395 e. The van der Waals surface area contributed by atoms with Gasteiger partial charge in [0.15, 0.2) is 5.92 Å². The molecule has 1 aromatic heterocycles. The van der Waals surface area contributed by atoms with Gasteiger partial charge in [0.2, 0.25) is 0 Å². The first kappa shape index (κ1) is 12.6. The number of aromatic nitrogens is 2. The Kier molecular flexibility index (Phi) is 3.41. The van der Waals surface area contributed by atoms with Gasteiger partial charge in [-0.1, -0.05) is 11.6 Å². The van der Waals surface area contributed by atoms with Gasteiger partial charge in [-0.3, -0.25) is 4.79 Å². The quantitative estimate of drug-likeness (QED) is 0.557. The molecule has 0 atom stereocenters. The Balaban J connectivity index is 3.75. The lowest BCUT2D eigenvalue weighted by Gasteiger charge is -2.04. The van der Waals surface area contributed by atoms with Crippen molar-refractivity contribution in [3.8, 4) is 12.1 Å². The maximum absolute atomic E-state index is 11.4. The number of nitro groups is 1. The lowest BCUT2D eigenvalue weighted by molar-refractivity contribution is -0.391. The lowest BCUT2D eigenvalue weighted by atomic mass is 10.0. The van der Waals surface area contributed by atoms with E-state index in [1.807, 2.05) is 0 Å². The van der Waals surface area contributed by atoms with Gasteiger partial charge in [-0.05, 0) is 4.92 Å². The third-order valence-corrected chi connectivity index (χ3v) is 2.29. The van der Waals surface area contributed by atoms with Crippen molar-refractivity contribution in [3.63, 3.8) is 0 Å². The highest BCUT2D eigenvalue weighted by atomic mass is 35.5. The van der Waals surface area contributed by atoms with Crippen LogP contribution in [0.3, 0.4) is 0 Å². The number of rotatable bonds is 2. The van der Waals surface area contributed by atoms with Crippen LogP contribution >= 0.6 is 11.6 Å². The van der Waals surface area contributed by atoms with Crippen molar-refractivity contribution in [2.45, 2.75) is 5.92 Å². The standard InChI is InChI=1S/C8H4ClN5O3/c1-13-8(15)6(9)5(4(2-10)3-11)7(12-13)14(16)17/h4H,1H3. The molecule has 0 N–H and O–H groups in total. The summed E-state index contributed by atoms with van der Waals surface area (Å²) in [4.78, 5) is 21.3. The van der Waals surface area contributed by atoms with Crippen LogP contribution in [0.15, 0.2) is 4.79 Å². The van der Waals surface area contributed by atoms with Crippen molar-refractivity contribution in [1.82, 2.24) is 9.78 Å². The minimum atomic E-state index is -1.51. The van der Waals surface area contributed by atoms with Gasteiger partial charge in [-0.2, -0.15) is 10.5 Å². The number of hydrogen-bond acceptors (Lipinski definition) is 6. The Morgan fingerprint density at radius 1 is 1.53 bits per heavy atom. The molecule has 1 heterocycles. The SMILES string of the molecule is Cn1nc([N+](=O)[O-])c(C(C#N)C#N)c(Cl)c1=O. The molecule has 0 saturated heterocycles. The molecule has 86 valence electrons. The number of nitriles is 2. The van der Waals surface area contributed by atoms with Crippen LogP contribution in [-0.4, -0.2) is 14.7 Å². The molecule has 0 aromatic carbocycles. The summed E-state index contributed by atoms with van der Waals surface area (Å²) in [5, 5.41) is 30.9. The average Bonchev–Trinajstić information content (AvgIpc) is 2.29. The van der Waals surface area contributed by atoms with E-state index >= 15 is 0 Å². The van der Waals surface area contributed by atoms with Gasteiger partial charge in [0.1, 0.15) is 10.6 Å². The van der Waals surface area contributed by atoms with Crippen LogP contribution in [0.25, 0.3) is 0 Å². The Morgan fingerprint density at radius 2 is 2.06 bits per heavy atom. The van der Waals surface area contributed by atoms with E-state index in [9.17, 15) is 14.9 Å². The van der Waals surface area contributed by atoms with Crippen LogP contribution in [0.4, 0.5) is 5.82 Å². The van der Waals surface area contributed by atoms with Crippen molar-refractivity contribution in [2.75, 3.05) is 0 Å². The maximum atomic E-state index is 11.4. The molecule has 1 aromatic rings. The fourth-order valence-corrected chi connectivity index (χ4v) is 1.46. The van der Waals surface area contributed by atoms with Crippen molar-refractivity contribution < 1.29 is 4.92 Å². The maximum Gasteiger partial charge on any atom is 0.395 e. The van der Waals surface area contributed by atoms with Crippen LogP contribution in [0.5, 0.6) is 0 Å². The Labute approximate surface area is 99.4 Å². The second kappa shape index (κ2) is 4.60. The molecule has 9 heteroatoms. The van der Waals surface area contributed by atoms with Gasteiger partial charge in [0.25, 0.3) is 0 Å². The molecule has 0 amide bonds. The normalized spacial score (nSPS) is 9.71. The predicted octanol–water partition coefficient (Wildman–Crippen LogP) is 0.473. The van der Waals surface area contributed by atoms with Gasteiger partial charge in [-0.25, -0.2) is 0 Å². The summed E-state index contributed by atoms with van der Waals surface area (Å²) in [6, 6.07) is 3.03. The van der Waals surface area contributed by atoms with E-state index in [-0.39, 0.29) is 0 Å². The molecule has 0 saturated carbocycles. The highest BCUT2D eigenvalue weighted by molar-refractivity contribution is 6.31. The summed E-state index contributed by atoms with van der Waals surface area (Å²) in [6.07, 6.45) is 0. The van der Waals surface area contributed by atoms with Crippen molar-refractivity contribution in [3.05, 3.63) is 31.1 Å². The first-order chi connectivity index (χ1) is 7.93. The third-order valence-electron chi connectivity index (χ3n) is 1.92. The number of hydrogen-bond donors (Lipinski definition) is 0. The van der Waals surface area contributed by atoms with Crippen molar-refractivity contribution in [1.29, 1.82) is 10.5 Å². The predicted molar refractivity (Wildman–Crippen MR) is 55.1 cm³/mol. The van der Waals surface area contributed by atoms with E-state index in [1.54, 1.807) is 0 Å². The fraction of sp³-hybridized carbons (Fsp3) is 0.250. The zero-order valence-electron chi connectivity index (χ0n) is 8.42. The van der Waals surface area contributed by atoms with E-state index in [2.05, 4.69) is 5.10 Å². The number of halogens is 1. The fourth-order valence-electron chi connectivity index (χ4n) is 1.15. The zero-order chi connectivity index (χ0) is 13.2. The molecule has 17 heavy (non-hydrogen) atoms. The molecule has 0 aliphatic carbocycles. The molecule has 0 fully saturated rings. The summed E-state index contributed by atoms with van der Waals surface area (Å²) >= 11 is 5.62. The minimum Gasteiger partial charge on any atom is -0.358 e. The molecule has 0 spiro atoms. The van der Waals surface area contributed by atoms with Gasteiger partial charge in [0.05, 0.1) is 24.3 Å².